The Morgan fingerprint density at radius 1 is 0.964 bits per heavy atom. The lowest BCUT2D eigenvalue weighted by molar-refractivity contribution is -0.148. The second-order valence-corrected chi connectivity index (χ2v) is 6.47. The summed E-state index contributed by atoms with van der Waals surface area (Å²) in [4.78, 5) is 35.8. The van der Waals surface area contributed by atoms with Crippen molar-refractivity contribution in [3.8, 4) is 5.75 Å². The van der Waals surface area contributed by atoms with Gasteiger partial charge in [-0.1, -0.05) is 30.3 Å². The largest absolute Gasteiger partial charge is 0.496 e. The van der Waals surface area contributed by atoms with Gasteiger partial charge in [0.1, 0.15) is 5.75 Å². The van der Waals surface area contributed by atoms with E-state index in [-0.39, 0.29) is 31.8 Å². The highest BCUT2D eigenvalue weighted by molar-refractivity contribution is 5.97. The first-order valence-electron chi connectivity index (χ1n) is 9.05. The highest BCUT2D eigenvalue weighted by Crippen LogP contribution is 2.16. The van der Waals surface area contributed by atoms with Crippen LogP contribution in [0.25, 0.3) is 0 Å². The third-order valence-electron chi connectivity index (χ3n) is 4.42. The number of Topliss-reactive ketones (excluding diaryl/α,β-unsaturated/α-hetero) is 1. The van der Waals surface area contributed by atoms with E-state index >= 15 is 0 Å². The summed E-state index contributed by atoms with van der Waals surface area (Å²) >= 11 is 0. The van der Waals surface area contributed by atoms with Crippen molar-refractivity contribution in [3.05, 3.63) is 64.7 Å². The molecule has 0 spiro atoms. The Hall–Kier alpha value is -3.15. The Bertz CT molecular complexity index is 860. The van der Waals surface area contributed by atoms with Crippen LogP contribution < -0.4 is 10.1 Å². The van der Waals surface area contributed by atoms with E-state index < -0.39 is 11.9 Å². The first kappa shape index (κ1) is 21.2. The zero-order chi connectivity index (χ0) is 20.5. The highest BCUT2D eigenvalue weighted by atomic mass is 16.5. The van der Waals surface area contributed by atoms with Crippen LogP contribution in [-0.4, -0.2) is 31.4 Å². The maximum Gasteiger partial charge on any atom is 0.306 e. The van der Waals surface area contributed by atoms with Gasteiger partial charge < -0.3 is 14.8 Å². The number of ketones is 1. The highest BCUT2D eigenvalue weighted by Gasteiger charge is 2.13. The first-order valence-corrected chi connectivity index (χ1v) is 9.05. The maximum absolute atomic E-state index is 12.2. The number of rotatable bonds is 9. The summed E-state index contributed by atoms with van der Waals surface area (Å²) in [6.45, 7) is 3.79. The number of benzene rings is 2. The molecule has 0 atom stereocenters. The van der Waals surface area contributed by atoms with Crippen LogP contribution in [0.15, 0.2) is 42.5 Å². The molecule has 0 unspecified atom stereocenters. The summed E-state index contributed by atoms with van der Waals surface area (Å²) in [6.07, 6.45) is -0.0181. The summed E-state index contributed by atoms with van der Waals surface area (Å²) in [5, 5.41) is 2.67. The van der Waals surface area contributed by atoms with Gasteiger partial charge in [-0.05, 0) is 37.1 Å². The predicted octanol–water partition coefficient (Wildman–Crippen LogP) is 3.13. The van der Waals surface area contributed by atoms with Gasteiger partial charge in [0, 0.05) is 24.1 Å². The number of hydrogen-bond acceptors (Lipinski definition) is 5. The van der Waals surface area contributed by atoms with E-state index in [1.807, 2.05) is 44.2 Å². The van der Waals surface area contributed by atoms with E-state index in [9.17, 15) is 14.4 Å². The molecular formula is C22H25NO5. The van der Waals surface area contributed by atoms with E-state index in [2.05, 4.69) is 5.32 Å². The van der Waals surface area contributed by atoms with Crippen LogP contribution in [0.1, 0.15) is 39.9 Å². The summed E-state index contributed by atoms with van der Waals surface area (Å²) in [5.41, 5.74) is 3.53. The second-order valence-electron chi connectivity index (χ2n) is 6.47. The number of nitrogens with one attached hydrogen (secondary N) is 1. The van der Waals surface area contributed by atoms with Crippen LogP contribution in [0.4, 0.5) is 0 Å². The fraction of sp³-hybridized carbons (Fsp3) is 0.318. The van der Waals surface area contributed by atoms with Crippen molar-refractivity contribution in [2.75, 3.05) is 13.7 Å². The Morgan fingerprint density at radius 3 is 2.43 bits per heavy atom. The van der Waals surface area contributed by atoms with Crippen LogP contribution in [0.5, 0.6) is 5.75 Å². The lowest BCUT2D eigenvalue weighted by Crippen LogP contribution is -2.28. The lowest BCUT2D eigenvalue weighted by atomic mass is 10.0. The number of amides is 1. The molecule has 0 aliphatic rings. The van der Waals surface area contributed by atoms with Crippen LogP contribution in [0.3, 0.4) is 0 Å². The number of hydrogen-bond donors (Lipinski definition) is 1. The fourth-order valence-electron chi connectivity index (χ4n) is 2.59. The molecule has 2 aromatic carbocycles. The van der Waals surface area contributed by atoms with Gasteiger partial charge in [0.15, 0.2) is 12.4 Å². The zero-order valence-corrected chi connectivity index (χ0v) is 16.4. The molecule has 2 rings (SSSR count). The summed E-state index contributed by atoms with van der Waals surface area (Å²) in [6, 6.07) is 12.8. The van der Waals surface area contributed by atoms with E-state index in [1.165, 1.54) is 0 Å². The molecule has 1 amide bonds. The average Bonchev–Trinajstić information content (AvgIpc) is 2.71. The molecule has 28 heavy (non-hydrogen) atoms. The van der Waals surface area contributed by atoms with Crippen LogP contribution in [-0.2, 0) is 20.9 Å². The number of ether oxygens (including phenoxy) is 2. The van der Waals surface area contributed by atoms with Crippen molar-refractivity contribution in [2.24, 2.45) is 0 Å². The van der Waals surface area contributed by atoms with Gasteiger partial charge >= 0.3 is 5.97 Å². The van der Waals surface area contributed by atoms with Crippen molar-refractivity contribution in [3.63, 3.8) is 0 Å². The third kappa shape index (κ3) is 6.23. The van der Waals surface area contributed by atoms with Crippen molar-refractivity contribution in [1.82, 2.24) is 5.32 Å². The molecule has 148 valence electrons. The Kier molecular flexibility index (Phi) is 7.75. The number of carbonyl (C=O) groups excluding carboxylic acids is 3. The van der Waals surface area contributed by atoms with Gasteiger partial charge in [-0.3, -0.25) is 14.4 Å². The Labute approximate surface area is 164 Å². The van der Waals surface area contributed by atoms with E-state index in [4.69, 9.17) is 9.47 Å². The van der Waals surface area contributed by atoms with Gasteiger partial charge in [-0.2, -0.15) is 0 Å². The van der Waals surface area contributed by atoms with E-state index in [0.29, 0.717) is 11.3 Å². The van der Waals surface area contributed by atoms with E-state index in [1.54, 1.807) is 19.2 Å². The SMILES string of the molecule is COc1ccccc1CNC(=O)COC(=O)CCC(=O)c1ccc(C)c(C)c1. The molecule has 0 radical (unpaired) electrons. The topological polar surface area (TPSA) is 81.7 Å². The molecule has 6 nitrogen and oxygen atoms in total. The Morgan fingerprint density at radius 2 is 1.71 bits per heavy atom. The van der Waals surface area contributed by atoms with Gasteiger partial charge in [0.25, 0.3) is 5.91 Å². The van der Waals surface area contributed by atoms with E-state index in [0.717, 1.165) is 16.7 Å². The van der Waals surface area contributed by atoms with Crippen LogP contribution in [0.2, 0.25) is 0 Å². The fourth-order valence-corrected chi connectivity index (χ4v) is 2.59. The van der Waals surface area contributed by atoms with Gasteiger partial charge in [0.2, 0.25) is 0 Å². The van der Waals surface area contributed by atoms with Gasteiger partial charge in [0.05, 0.1) is 13.5 Å². The van der Waals surface area contributed by atoms with Crippen LogP contribution in [0, 0.1) is 13.8 Å². The number of para-hydroxylation sites is 1. The Balaban J connectivity index is 1.72. The summed E-state index contributed by atoms with van der Waals surface area (Å²) < 4.78 is 10.2. The zero-order valence-electron chi connectivity index (χ0n) is 16.4. The molecule has 6 heteroatoms. The molecule has 0 saturated heterocycles. The third-order valence-corrected chi connectivity index (χ3v) is 4.42. The molecule has 0 aliphatic carbocycles. The smallest absolute Gasteiger partial charge is 0.306 e. The molecular weight excluding hydrogens is 358 g/mol. The number of aryl methyl sites for hydroxylation is 2. The van der Waals surface area contributed by atoms with Crippen molar-refractivity contribution < 1.29 is 23.9 Å². The number of methoxy groups -OCH3 is 1. The number of esters is 1. The minimum absolute atomic E-state index is 0.0458. The molecule has 0 fully saturated rings. The predicted molar refractivity (Wildman–Crippen MR) is 105 cm³/mol. The second kappa shape index (κ2) is 10.3. The quantitative estimate of drug-likeness (QED) is 0.531. The van der Waals surface area contributed by atoms with Crippen molar-refractivity contribution >= 4 is 17.7 Å². The van der Waals surface area contributed by atoms with Crippen molar-refractivity contribution in [1.29, 1.82) is 0 Å². The molecule has 0 aromatic heterocycles. The number of carbonyl (C=O) groups is 3. The average molecular weight is 383 g/mol. The summed E-state index contributed by atoms with van der Waals surface area (Å²) in [5.74, 6) is -0.449. The molecule has 0 saturated carbocycles. The lowest BCUT2D eigenvalue weighted by Gasteiger charge is -2.10. The molecule has 0 heterocycles. The molecule has 0 aliphatic heterocycles. The van der Waals surface area contributed by atoms with Gasteiger partial charge in [-0.15, -0.1) is 0 Å². The normalized spacial score (nSPS) is 10.2. The minimum atomic E-state index is -0.579. The molecule has 1 N–H and O–H groups in total. The van der Waals surface area contributed by atoms with Crippen molar-refractivity contribution in [2.45, 2.75) is 33.2 Å². The van der Waals surface area contributed by atoms with Gasteiger partial charge in [-0.25, -0.2) is 0 Å². The maximum atomic E-state index is 12.2. The van der Waals surface area contributed by atoms with Crippen LogP contribution >= 0.6 is 0 Å². The first-order chi connectivity index (χ1) is 13.4. The summed E-state index contributed by atoms with van der Waals surface area (Å²) in [7, 11) is 1.56. The monoisotopic (exact) mass is 383 g/mol. The minimum Gasteiger partial charge on any atom is -0.496 e. The molecule has 0 bridgehead atoms. The standard InChI is InChI=1S/C22H25NO5/c1-15-8-9-17(12-16(15)2)19(24)10-11-22(26)28-14-21(25)23-13-18-6-4-5-7-20(18)27-3/h4-9,12H,10-11,13-14H2,1-3H3,(H,23,25). The molecule has 2 aromatic rings.